The molecule has 3 nitrogen and oxygen atoms in total. The Labute approximate surface area is 96.4 Å². The summed E-state index contributed by atoms with van der Waals surface area (Å²) in [5, 5.41) is 0. The minimum absolute atomic E-state index is 0.248. The second-order valence-corrected chi connectivity index (χ2v) is 3.57. The van der Waals surface area contributed by atoms with E-state index >= 15 is 0 Å². The van der Waals surface area contributed by atoms with Gasteiger partial charge in [-0.05, 0) is 24.1 Å². The maximum Gasteiger partial charge on any atom is 0.308 e. The first-order valence-corrected chi connectivity index (χ1v) is 5.54. The maximum atomic E-state index is 10.8. The largest absolute Gasteiger partial charge is 0.493 e. The molecule has 0 aliphatic heterocycles. The zero-order valence-corrected chi connectivity index (χ0v) is 9.86. The average molecular weight is 222 g/mol. The molecule has 0 saturated carbocycles. The molecule has 0 amide bonds. The van der Waals surface area contributed by atoms with Crippen LogP contribution in [0.25, 0.3) is 0 Å². The van der Waals surface area contributed by atoms with Crippen LogP contribution >= 0.6 is 0 Å². The van der Waals surface area contributed by atoms with Crippen molar-refractivity contribution in [3.05, 3.63) is 29.8 Å². The second kappa shape index (κ2) is 6.88. The van der Waals surface area contributed by atoms with Crippen molar-refractivity contribution in [1.82, 2.24) is 0 Å². The van der Waals surface area contributed by atoms with Crippen LogP contribution in [0.1, 0.15) is 25.3 Å². The summed E-state index contributed by atoms with van der Waals surface area (Å²) in [7, 11) is 1.38. The van der Waals surface area contributed by atoms with Crippen LogP contribution in [0.4, 0.5) is 0 Å². The number of esters is 1. The lowest BCUT2D eigenvalue weighted by Gasteiger charge is -2.06. The van der Waals surface area contributed by atoms with Gasteiger partial charge in [-0.15, -0.1) is 0 Å². The quantitative estimate of drug-likeness (QED) is 0.694. The number of carbonyl (C=O) groups excluding carboxylic acids is 1. The molecule has 0 saturated heterocycles. The predicted molar refractivity (Wildman–Crippen MR) is 62.6 cm³/mol. The summed E-state index contributed by atoms with van der Waals surface area (Å²) in [6.45, 7) is 2.51. The van der Waals surface area contributed by atoms with Gasteiger partial charge < -0.3 is 9.47 Å². The highest BCUT2D eigenvalue weighted by Crippen LogP contribution is 2.13. The standard InChI is InChI=1S/C13H18O3/c1-3-4-11-5-7-12(8-6-11)16-10-9-13(14)15-2/h5-8H,3-4,9-10H2,1-2H3. The third-order valence-corrected chi connectivity index (χ3v) is 2.26. The first-order chi connectivity index (χ1) is 7.76. The number of ether oxygens (including phenoxy) is 2. The van der Waals surface area contributed by atoms with E-state index in [1.165, 1.54) is 12.7 Å². The highest BCUT2D eigenvalue weighted by molar-refractivity contribution is 5.69. The van der Waals surface area contributed by atoms with E-state index in [4.69, 9.17) is 4.74 Å². The number of hydrogen-bond acceptors (Lipinski definition) is 3. The van der Waals surface area contributed by atoms with E-state index in [1.807, 2.05) is 12.1 Å². The normalized spacial score (nSPS) is 9.88. The molecule has 0 fully saturated rings. The number of rotatable bonds is 6. The van der Waals surface area contributed by atoms with Gasteiger partial charge >= 0.3 is 5.97 Å². The smallest absolute Gasteiger partial charge is 0.308 e. The van der Waals surface area contributed by atoms with E-state index in [1.54, 1.807) is 0 Å². The number of methoxy groups -OCH3 is 1. The molecular formula is C13H18O3. The summed E-state index contributed by atoms with van der Waals surface area (Å²) in [5.74, 6) is 0.548. The number of benzene rings is 1. The fraction of sp³-hybridized carbons (Fsp3) is 0.462. The number of aryl methyl sites for hydroxylation is 1. The minimum atomic E-state index is -0.248. The van der Waals surface area contributed by atoms with Crippen molar-refractivity contribution >= 4 is 5.97 Å². The van der Waals surface area contributed by atoms with Crippen molar-refractivity contribution in [3.8, 4) is 5.75 Å². The molecule has 0 N–H and O–H groups in total. The molecule has 0 bridgehead atoms. The second-order valence-electron chi connectivity index (χ2n) is 3.57. The van der Waals surface area contributed by atoms with E-state index < -0.39 is 0 Å². The third-order valence-electron chi connectivity index (χ3n) is 2.26. The SMILES string of the molecule is CCCc1ccc(OCCC(=O)OC)cc1. The summed E-state index contributed by atoms with van der Waals surface area (Å²) < 4.78 is 9.93. The fourth-order valence-corrected chi connectivity index (χ4v) is 1.40. The van der Waals surface area contributed by atoms with Crippen molar-refractivity contribution in [3.63, 3.8) is 0 Å². The van der Waals surface area contributed by atoms with Gasteiger partial charge in [-0.3, -0.25) is 4.79 Å². The Balaban J connectivity index is 2.34. The van der Waals surface area contributed by atoms with E-state index in [0.29, 0.717) is 6.61 Å². The molecule has 1 aromatic rings. The van der Waals surface area contributed by atoms with Crippen LogP contribution in [0.3, 0.4) is 0 Å². The maximum absolute atomic E-state index is 10.8. The van der Waals surface area contributed by atoms with Gasteiger partial charge in [-0.2, -0.15) is 0 Å². The monoisotopic (exact) mass is 222 g/mol. The van der Waals surface area contributed by atoms with Crippen LogP contribution in [0.2, 0.25) is 0 Å². The topological polar surface area (TPSA) is 35.5 Å². The highest BCUT2D eigenvalue weighted by Gasteiger charge is 2.00. The van der Waals surface area contributed by atoms with E-state index in [-0.39, 0.29) is 12.4 Å². The number of carbonyl (C=O) groups is 1. The fourth-order valence-electron chi connectivity index (χ4n) is 1.40. The van der Waals surface area contributed by atoms with Crippen LogP contribution in [0.5, 0.6) is 5.75 Å². The van der Waals surface area contributed by atoms with Gasteiger partial charge in [0, 0.05) is 0 Å². The van der Waals surface area contributed by atoms with Gasteiger partial charge in [0.25, 0.3) is 0 Å². The molecule has 0 radical (unpaired) electrons. The lowest BCUT2D eigenvalue weighted by Crippen LogP contribution is -2.07. The van der Waals surface area contributed by atoms with Crippen LogP contribution < -0.4 is 4.74 Å². The Morgan fingerprint density at radius 2 is 1.94 bits per heavy atom. The molecule has 1 aromatic carbocycles. The zero-order valence-electron chi connectivity index (χ0n) is 9.86. The Morgan fingerprint density at radius 1 is 1.25 bits per heavy atom. The third kappa shape index (κ3) is 4.34. The average Bonchev–Trinajstić information content (AvgIpc) is 2.31. The van der Waals surface area contributed by atoms with Gasteiger partial charge in [0.2, 0.25) is 0 Å². The Hall–Kier alpha value is -1.51. The summed E-state index contributed by atoms with van der Waals surface area (Å²) in [6, 6.07) is 7.97. The Kier molecular flexibility index (Phi) is 5.40. The Bertz CT molecular complexity index is 316. The predicted octanol–water partition coefficient (Wildman–Crippen LogP) is 2.58. The molecule has 0 aliphatic rings. The molecule has 0 aliphatic carbocycles. The van der Waals surface area contributed by atoms with Gasteiger partial charge in [-0.1, -0.05) is 25.5 Å². The molecule has 0 unspecified atom stereocenters. The lowest BCUT2D eigenvalue weighted by molar-refractivity contribution is -0.141. The molecule has 3 heteroatoms. The summed E-state index contributed by atoms with van der Waals surface area (Å²) in [6.07, 6.45) is 2.51. The first kappa shape index (κ1) is 12.6. The van der Waals surface area contributed by atoms with Crippen molar-refractivity contribution < 1.29 is 14.3 Å². The van der Waals surface area contributed by atoms with E-state index in [2.05, 4.69) is 23.8 Å². The molecule has 0 heterocycles. The minimum Gasteiger partial charge on any atom is -0.493 e. The summed E-state index contributed by atoms with van der Waals surface area (Å²) >= 11 is 0. The van der Waals surface area contributed by atoms with Crippen molar-refractivity contribution in [2.24, 2.45) is 0 Å². The van der Waals surface area contributed by atoms with Gasteiger partial charge in [0.1, 0.15) is 5.75 Å². The van der Waals surface area contributed by atoms with Gasteiger partial charge in [0.05, 0.1) is 20.1 Å². The molecule has 0 atom stereocenters. The first-order valence-electron chi connectivity index (χ1n) is 5.54. The highest BCUT2D eigenvalue weighted by atomic mass is 16.5. The molecular weight excluding hydrogens is 204 g/mol. The van der Waals surface area contributed by atoms with Crippen LogP contribution in [0.15, 0.2) is 24.3 Å². The van der Waals surface area contributed by atoms with E-state index in [9.17, 15) is 4.79 Å². The van der Waals surface area contributed by atoms with Crippen molar-refractivity contribution in [1.29, 1.82) is 0 Å². The molecule has 1 rings (SSSR count). The summed E-state index contributed by atoms with van der Waals surface area (Å²) in [4.78, 5) is 10.8. The zero-order chi connectivity index (χ0) is 11.8. The molecule has 16 heavy (non-hydrogen) atoms. The number of hydrogen-bond donors (Lipinski definition) is 0. The van der Waals surface area contributed by atoms with Gasteiger partial charge in [0.15, 0.2) is 0 Å². The van der Waals surface area contributed by atoms with Crippen molar-refractivity contribution in [2.45, 2.75) is 26.2 Å². The molecule has 0 spiro atoms. The lowest BCUT2D eigenvalue weighted by atomic mass is 10.1. The Morgan fingerprint density at radius 3 is 2.50 bits per heavy atom. The molecule has 88 valence electrons. The van der Waals surface area contributed by atoms with Crippen LogP contribution in [-0.2, 0) is 16.0 Å². The van der Waals surface area contributed by atoms with Gasteiger partial charge in [-0.25, -0.2) is 0 Å². The van der Waals surface area contributed by atoms with Crippen LogP contribution in [0, 0.1) is 0 Å². The van der Waals surface area contributed by atoms with Crippen molar-refractivity contribution in [2.75, 3.05) is 13.7 Å². The van der Waals surface area contributed by atoms with Crippen LogP contribution in [-0.4, -0.2) is 19.7 Å². The summed E-state index contributed by atoms with van der Waals surface area (Å²) in [5.41, 5.74) is 1.31. The van der Waals surface area contributed by atoms with E-state index in [0.717, 1.165) is 18.6 Å². The molecule has 0 aromatic heterocycles.